The van der Waals surface area contributed by atoms with Crippen molar-refractivity contribution < 1.29 is 10.2 Å². The van der Waals surface area contributed by atoms with E-state index in [2.05, 4.69) is 17.1 Å². The molecular weight excluding hydrogens is 270 g/mol. The Balaban J connectivity index is 2.53. The van der Waals surface area contributed by atoms with Gasteiger partial charge in [-0.3, -0.25) is 0 Å². The van der Waals surface area contributed by atoms with Crippen LogP contribution in [-0.2, 0) is 0 Å². The summed E-state index contributed by atoms with van der Waals surface area (Å²) in [5, 5.41) is 24.0. The smallest absolute Gasteiger partial charge is 0.0885 e. The van der Waals surface area contributed by atoms with Gasteiger partial charge in [0.2, 0.25) is 0 Å². The second-order valence-electron chi connectivity index (χ2n) is 7.19. The lowest BCUT2D eigenvalue weighted by Gasteiger charge is -2.52. The molecule has 112 valence electrons. The fourth-order valence-corrected chi connectivity index (χ4v) is 4.00. The fourth-order valence-electron chi connectivity index (χ4n) is 3.79. The van der Waals surface area contributed by atoms with E-state index in [1.54, 1.807) is 0 Å². The lowest BCUT2D eigenvalue weighted by molar-refractivity contribution is -0.0355. The van der Waals surface area contributed by atoms with Crippen LogP contribution < -0.4 is 0 Å². The van der Waals surface area contributed by atoms with Crippen molar-refractivity contribution in [1.29, 1.82) is 0 Å². The molecule has 0 aliphatic heterocycles. The van der Waals surface area contributed by atoms with Gasteiger partial charge in [0.15, 0.2) is 0 Å². The van der Waals surface area contributed by atoms with Crippen LogP contribution in [0.5, 0.6) is 0 Å². The van der Waals surface area contributed by atoms with Crippen molar-refractivity contribution in [3.05, 3.63) is 11.6 Å². The molecule has 2 aliphatic rings. The summed E-state index contributed by atoms with van der Waals surface area (Å²) in [7, 11) is 0. The van der Waals surface area contributed by atoms with Crippen molar-refractivity contribution in [2.45, 2.75) is 70.1 Å². The van der Waals surface area contributed by atoms with Gasteiger partial charge in [-0.05, 0) is 63.2 Å². The van der Waals surface area contributed by atoms with Crippen LogP contribution in [0.4, 0.5) is 0 Å². The second-order valence-corrected chi connectivity index (χ2v) is 7.37. The first kappa shape index (κ1) is 15.8. The minimum atomic E-state index is -0.842. The molecule has 2 rings (SSSR count). The number of thiocarbonyl (C=S) groups is 1. The number of rotatable bonds is 2. The minimum absolute atomic E-state index is 0.117. The van der Waals surface area contributed by atoms with Gasteiger partial charge in [0.25, 0.3) is 0 Å². The molecule has 1 fully saturated rings. The van der Waals surface area contributed by atoms with E-state index < -0.39 is 11.2 Å². The van der Waals surface area contributed by atoms with E-state index in [-0.39, 0.29) is 17.4 Å². The lowest BCUT2D eigenvalue weighted by Crippen LogP contribution is -2.54. The molecule has 0 aromatic carbocycles. The number of nitrogens with zero attached hydrogens (tertiary/aromatic N) is 1. The van der Waals surface area contributed by atoms with Crippen LogP contribution in [0, 0.1) is 11.8 Å². The van der Waals surface area contributed by atoms with Gasteiger partial charge in [0, 0.05) is 5.92 Å². The van der Waals surface area contributed by atoms with Gasteiger partial charge in [-0.15, -0.1) is 0 Å². The Bertz CT molecular complexity index is 479. The van der Waals surface area contributed by atoms with Gasteiger partial charge in [0.05, 0.1) is 21.9 Å². The molecule has 0 aromatic heterocycles. The average Bonchev–Trinajstić information content (AvgIpc) is 2.33. The van der Waals surface area contributed by atoms with Gasteiger partial charge >= 0.3 is 0 Å². The third-order valence-electron chi connectivity index (χ3n) is 5.30. The third-order valence-corrected chi connectivity index (χ3v) is 5.39. The summed E-state index contributed by atoms with van der Waals surface area (Å²) in [4.78, 5) is 4.40. The van der Waals surface area contributed by atoms with Crippen LogP contribution in [0.15, 0.2) is 16.6 Å². The Hall–Kier alpha value is -0.540. The van der Waals surface area contributed by atoms with E-state index in [0.29, 0.717) is 12.8 Å². The normalized spacial score (nSPS) is 44.5. The van der Waals surface area contributed by atoms with Crippen molar-refractivity contribution >= 4 is 17.4 Å². The monoisotopic (exact) mass is 295 g/mol. The zero-order valence-corrected chi connectivity index (χ0v) is 13.6. The molecule has 0 heterocycles. The lowest BCUT2D eigenvalue weighted by atomic mass is 9.57. The molecule has 0 unspecified atom stereocenters. The fraction of sp³-hybridized carbons (Fsp3) is 0.812. The maximum absolute atomic E-state index is 11.1. The van der Waals surface area contributed by atoms with Crippen LogP contribution in [0.1, 0.15) is 53.4 Å². The summed E-state index contributed by atoms with van der Waals surface area (Å²) in [5.74, 6) is 0.255. The van der Waals surface area contributed by atoms with E-state index >= 15 is 0 Å². The summed E-state index contributed by atoms with van der Waals surface area (Å²) < 4.78 is 0. The molecule has 0 saturated heterocycles. The molecule has 4 atom stereocenters. The van der Waals surface area contributed by atoms with E-state index in [4.69, 9.17) is 12.2 Å². The first-order valence-corrected chi connectivity index (χ1v) is 7.82. The Morgan fingerprint density at radius 2 is 1.95 bits per heavy atom. The number of aliphatic imine (C=N–C) groups is 1. The first-order chi connectivity index (χ1) is 9.15. The molecular formula is C16H25NO2S. The number of aliphatic hydroxyl groups is 2. The molecule has 3 nitrogen and oxygen atoms in total. The van der Waals surface area contributed by atoms with E-state index in [0.717, 1.165) is 18.4 Å². The predicted molar refractivity (Wildman–Crippen MR) is 83.9 cm³/mol. The SMILES string of the molecule is CC(C)[C@@]1(O)CC[C@](C)(N=C=S)[C@@H]2CC[C@](C)(O)C=C21. The minimum Gasteiger partial charge on any atom is -0.386 e. The molecule has 0 spiro atoms. The van der Waals surface area contributed by atoms with Crippen molar-refractivity contribution in [1.82, 2.24) is 0 Å². The maximum Gasteiger partial charge on any atom is 0.0885 e. The van der Waals surface area contributed by atoms with Gasteiger partial charge in [-0.1, -0.05) is 19.9 Å². The second kappa shape index (κ2) is 5.03. The summed E-state index contributed by atoms with van der Waals surface area (Å²) in [6.07, 6.45) is 4.84. The standard InChI is InChI=1S/C16H25NO2S/c1-11(2)16(19)8-7-15(4,17-10-20)12-5-6-14(3,18)9-13(12)16/h9,11-12,18-19H,5-8H2,1-4H3/t12-,14+,15+,16+/m1/s1. The summed E-state index contributed by atoms with van der Waals surface area (Å²) in [6, 6.07) is 0. The van der Waals surface area contributed by atoms with Crippen molar-refractivity contribution in [2.24, 2.45) is 16.8 Å². The van der Waals surface area contributed by atoms with Gasteiger partial charge < -0.3 is 10.2 Å². The predicted octanol–water partition coefficient (Wildman–Crippen LogP) is 3.12. The maximum atomic E-state index is 11.1. The van der Waals surface area contributed by atoms with E-state index in [1.165, 1.54) is 0 Å². The first-order valence-electron chi connectivity index (χ1n) is 7.42. The zero-order chi connectivity index (χ0) is 15.2. The van der Waals surface area contributed by atoms with Crippen molar-refractivity contribution in [3.63, 3.8) is 0 Å². The molecule has 20 heavy (non-hydrogen) atoms. The largest absolute Gasteiger partial charge is 0.386 e. The summed E-state index contributed by atoms with van der Waals surface area (Å²) in [6.45, 7) is 7.97. The third kappa shape index (κ3) is 2.50. The number of isothiocyanates is 1. The van der Waals surface area contributed by atoms with Gasteiger partial charge in [0.1, 0.15) is 0 Å². The molecule has 2 N–H and O–H groups in total. The van der Waals surface area contributed by atoms with Crippen LogP contribution in [-0.4, -0.2) is 32.1 Å². The Kier molecular flexibility index (Phi) is 3.98. The van der Waals surface area contributed by atoms with E-state index in [1.807, 2.05) is 26.8 Å². The highest BCUT2D eigenvalue weighted by Gasteiger charge is 2.53. The molecule has 0 radical (unpaired) electrons. The zero-order valence-electron chi connectivity index (χ0n) is 12.8. The summed E-state index contributed by atoms with van der Waals surface area (Å²) in [5.41, 5.74) is -1.03. The molecule has 0 bridgehead atoms. The van der Waals surface area contributed by atoms with Crippen LogP contribution in [0.2, 0.25) is 0 Å². The number of fused-ring (bicyclic) bond motifs is 1. The van der Waals surface area contributed by atoms with Gasteiger partial charge in [-0.25, -0.2) is 4.99 Å². The average molecular weight is 295 g/mol. The summed E-state index contributed by atoms with van der Waals surface area (Å²) >= 11 is 4.80. The Labute approximate surface area is 126 Å². The highest BCUT2D eigenvalue weighted by atomic mass is 32.1. The Morgan fingerprint density at radius 1 is 1.30 bits per heavy atom. The molecule has 0 amide bonds. The topological polar surface area (TPSA) is 52.8 Å². The number of hydrogen-bond donors (Lipinski definition) is 2. The highest BCUT2D eigenvalue weighted by Crippen LogP contribution is 2.53. The Morgan fingerprint density at radius 3 is 2.50 bits per heavy atom. The van der Waals surface area contributed by atoms with Crippen molar-refractivity contribution in [2.75, 3.05) is 0 Å². The van der Waals surface area contributed by atoms with E-state index in [9.17, 15) is 10.2 Å². The van der Waals surface area contributed by atoms with Crippen molar-refractivity contribution in [3.8, 4) is 0 Å². The molecule has 0 aromatic rings. The molecule has 1 saturated carbocycles. The van der Waals surface area contributed by atoms with Crippen LogP contribution in [0.3, 0.4) is 0 Å². The number of hydrogen-bond acceptors (Lipinski definition) is 4. The van der Waals surface area contributed by atoms with Crippen LogP contribution in [0.25, 0.3) is 0 Å². The van der Waals surface area contributed by atoms with Crippen LogP contribution >= 0.6 is 12.2 Å². The quantitative estimate of drug-likeness (QED) is 0.467. The molecule has 2 aliphatic carbocycles. The highest BCUT2D eigenvalue weighted by molar-refractivity contribution is 7.78. The molecule has 4 heteroatoms. The van der Waals surface area contributed by atoms with Gasteiger partial charge in [-0.2, -0.15) is 0 Å².